The van der Waals surface area contributed by atoms with E-state index in [1.807, 2.05) is 0 Å². The average molecular weight is 336 g/mol. The standard InChI is InChI=1S/C20H26F2O2/c1-11(2)14-6-4-12(3)8-15(14)20(19(23)24)10-16(20)13-5-7-17(21)18(22)9-13/h5,7,9,11-12,14-16H,4,6,8,10H2,1-3H3,(H,23,24)/t12-,14?,15?,16+,20-/m1/s1. The molecule has 1 N–H and O–H groups in total. The fraction of sp³-hybridized carbons (Fsp3) is 0.650. The maximum atomic E-state index is 13.6. The Morgan fingerprint density at radius 2 is 1.96 bits per heavy atom. The monoisotopic (exact) mass is 336 g/mol. The first-order chi connectivity index (χ1) is 11.3. The second-order valence-corrected chi connectivity index (χ2v) is 8.21. The SMILES string of the molecule is CC(C)C1CC[C@@H](C)CC1[C@]1(C(=O)O)C[C@H]1c1ccc(F)c(F)c1. The molecular formula is C20H26F2O2. The third-order valence-electron chi connectivity index (χ3n) is 6.43. The van der Waals surface area contributed by atoms with Gasteiger partial charge in [-0.1, -0.05) is 33.3 Å². The van der Waals surface area contributed by atoms with Crippen LogP contribution >= 0.6 is 0 Å². The van der Waals surface area contributed by atoms with Crippen molar-refractivity contribution in [2.24, 2.45) is 29.1 Å². The van der Waals surface area contributed by atoms with Gasteiger partial charge < -0.3 is 5.11 Å². The van der Waals surface area contributed by atoms with E-state index in [9.17, 15) is 18.7 Å². The molecule has 0 heterocycles. The summed E-state index contributed by atoms with van der Waals surface area (Å²) in [6.45, 7) is 6.52. The third kappa shape index (κ3) is 2.74. The lowest BCUT2D eigenvalue weighted by Crippen LogP contribution is -2.38. The van der Waals surface area contributed by atoms with Gasteiger partial charge in [0.05, 0.1) is 5.41 Å². The van der Waals surface area contributed by atoms with Gasteiger partial charge in [-0.05, 0) is 60.6 Å². The minimum absolute atomic E-state index is 0.108. The predicted molar refractivity (Wildman–Crippen MR) is 88.6 cm³/mol. The Bertz CT molecular complexity index is 643. The van der Waals surface area contributed by atoms with E-state index in [-0.39, 0.29) is 11.8 Å². The molecule has 0 spiro atoms. The summed E-state index contributed by atoms with van der Waals surface area (Å²) in [5.41, 5.74) is -0.189. The van der Waals surface area contributed by atoms with E-state index in [0.29, 0.717) is 29.7 Å². The fourth-order valence-electron chi connectivity index (χ4n) is 5.02. The lowest BCUT2D eigenvalue weighted by molar-refractivity contribution is -0.148. The number of benzene rings is 1. The molecule has 1 aromatic carbocycles. The lowest BCUT2D eigenvalue weighted by Gasteiger charge is -2.41. The zero-order valence-electron chi connectivity index (χ0n) is 14.6. The van der Waals surface area contributed by atoms with E-state index >= 15 is 0 Å². The van der Waals surface area contributed by atoms with Crippen LogP contribution in [-0.2, 0) is 4.79 Å². The van der Waals surface area contributed by atoms with E-state index in [4.69, 9.17) is 0 Å². The van der Waals surface area contributed by atoms with Gasteiger partial charge in [-0.3, -0.25) is 4.79 Å². The Morgan fingerprint density at radius 1 is 1.25 bits per heavy atom. The number of aliphatic carboxylic acids is 1. The Hall–Kier alpha value is -1.45. The highest BCUT2D eigenvalue weighted by Gasteiger charge is 2.66. The third-order valence-corrected chi connectivity index (χ3v) is 6.43. The van der Waals surface area contributed by atoms with Gasteiger partial charge in [0.25, 0.3) is 0 Å². The molecule has 2 saturated carbocycles. The van der Waals surface area contributed by atoms with Gasteiger partial charge in [0.15, 0.2) is 11.6 Å². The molecule has 0 aliphatic heterocycles. The Labute approximate surface area is 142 Å². The molecule has 0 radical (unpaired) electrons. The van der Waals surface area contributed by atoms with Crippen LogP contribution in [0.2, 0.25) is 0 Å². The molecule has 0 bridgehead atoms. The average Bonchev–Trinajstić information content (AvgIpc) is 3.26. The van der Waals surface area contributed by atoms with Crippen LogP contribution in [0.4, 0.5) is 8.78 Å². The molecule has 4 heteroatoms. The summed E-state index contributed by atoms with van der Waals surface area (Å²) in [6.07, 6.45) is 3.65. The molecule has 3 rings (SSSR count). The van der Waals surface area contributed by atoms with Crippen molar-refractivity contribution in [3.05, 3.63) is 35.4 Å². The van der Waals surface area contributed by atoms with Gasteiger partial charge in [0, 0.05) is 5.92 Å². The highest BCUT2D eigenvalue weighted by Crippen LogP contribution is 2.68. The van der Waals surface area contributed by atoms with Crippen LogP contribution in [0.25, 0.3) is 0 Å². The molecule has 2 aliphatic carbocycles. The molecule has 24 heavy (non-hydrogen) atoms. The Morgan fingerprint density at radius 3 is 2.54 bits per heavy atom. The van der Waals surface area contributed by atoms with Crippen molar-refractivity contribution in [3.8, 4) is 0 Å². The molecule has 1 aromatic rings. The van der Waals surface area contributed by atoms with E-state index in [1.54, 1.807) is 6.07 Å². The summed E-state index contributed by atoms with van der Waals surface area (Å²) in [6, 6.07) is 3.84. The Balaban J connectivity index is 1.95. The summed E-state index contributed by atoms with van der Waals surface area (Å²) in [7, 11) is 0. The summed E-state index contributed by atoms with van der Waals surface area (Å²) < 4.78 is 26.8. The maximum Gasteiger partial charge on any atom is 0.310 e. The Kier molecular flexibility index (Phi) is 4.43. The summed E-state index contributed by atoms with van der Waals surface area (Å²) >= 11 is 0. The summed E-state index contributed by atoms with van der Waals surface area (Å²) in [5, 5.41) is 10.0. The minimum atomic E-state index is -0.892. The number of halogens is 2. The van der Waals surface area contributed by atoms with E-state index in [1.165, 1.54) is 6.07 Å². The molecule has 0 amide bonds. The maximum absolute atomic E-state index is 13.6. The molecule has 5 atom stereocenters. The van der Waals surface area contributed by atoms with Crippen LogP contribution in [0, 0.1) is 40.7 Å². The molecule has 0 saturated heterocycles. The number of carboxylic acid groups (broad SMARTS) is 1. The van der Waals surface area contributed by atoms with Gasteiger partial charge in [-0.2, -0.15) is 0 Å². The second kappa shape index (κ2) is 6.12. The first-order valence-electron chi connectivity index (χ1n) is 8.95. The summed E-state index contributed by atoms with van der Waals surface area (Å²) in [5.74, 6) is -1.31. The number of hydrogen-bond acceptors (Lipinski definition) is 1. The van der Waals surface area contributed by atoms with Crippen molar-refractivity contribution in [1.82, 2.24) is 0 Å². The predicted octanol–water partition coefficient (Wildman–Crippen LogP) is 5.23. The highest BCUT2D eigenvalue weighted by molar-refractivity contribution is 5.81. The quantitative estimate of drug-likeness (QED) is 0.817. The number of rotatable bonds is 4. The van der Waals surface area contributed by atoms with Gasteiger partial charge >= 0.3 is 5.97 Å². The molecule has 2 nitrogen and oxygen atoms in total. The van der Waals surface area contributed by atoms with E-state index < -0.39 is 23.0 Å². The highest BCUT2D eigenvalue weighted by atomic mass is 19.2. The fourth-order valence-corrected chi connectivity index (χ4v) is 5.02. The molecular weight excluding hydrogens is 310 g/mol. The van der Waals surface area contributed by atoms with Crippen molar-refractivity contribution in [2.45, 2.75) is 52.4 Å². The largest absolute Gasteiger partial charge is 0.481 e. The van der Waals surface area contributed by atoms with Crippen molar-refractivity contribution in [2.75, 3.05) is 0 Å². The minimum Gasteiger partial charge on any atom is -0.481 e. The topological polar surface area (TPSA) is 37.3 Å². The zero-order valence-corrected chi connectivity index (χ0v) is 14.6. The first-order valence-corrected chi connectivity index (χ1v) is 8.95. The van der Waals surface area contributed by atoms with Crippen LogP contribution in [0.5, 0.6) is 0 Å². The first kappa shape index (κ1) is 17.4. The molecule has 0 aromatic heterocycles. The summed E-state index contributed by atoms with van der Waals surface area (Å²) in [4.78, 5) is 12.2. The normalized spacial score (nSPS) is 35.9. The van der Waals surface area contributed by atoms with Gasteiger partial charge in [0.1, 0.15) is 0 Å². The van der Waals surface area contributed by atoms with E-state index in [2.05, 4.69) is 20.8 Å². The van der Waals surface area contributed by atoms with Gasteiger partial charge in [-0.15, -0.1) is 0 Å². The molecule has 2 fully saturated rings. The van der Waals surface area contributed by atoms with Crippen molar-refractivity contribution in [3.63, 3.8) is 0 Å². The van der Waals surface area contributed by atoms with E-state index in [0.717, 1.165) is 25.3 Å². The second-order valence-electron chi connectivity index (χ2n) is 8.21. The van der Waals surface area contributed by atoms with Crippen LogP contribution in [0.1, 0.15) is 57.9 Å². The van der Waals surface area contributed by atoms with Gasteiger partial charge in [-0.25, -0.2) is 8.78 Å². The van der Waals surface area contributed by atoms with Crippen molar-refractivity contribution in [1.29, 1.82) is 0 Å². The lowest BCUT2D eigenvalue weighted by atomic mass is 9.63. The van der Waals surface area contributed by atoms with Crippen LogP contribution in [-0.4, -0.2) is 11.1 Å². The zero-order chi connectivity index (χ0) is 17.6. The van der Waals surface area contributed by atoms with Crippen LogP contribution in [0.15, 0.2) is 18.2 Å². The van der Waals surface area contributed by atoms with Crippen LogP contribution < -0.4 is 0 Å². The smallest absolute Gasteiger partial charge is 0.310 e. The molecule has 132 valence electrons. The molecule has 2 aliphatic rings. The molecule has 2 unspecified atom stereocenters. The van der Waals surface area contributed by atoms with Crippen LogP contribution in [0.3, 0.4) is 0 Å². The number of carbonyl (C=O) groups is 1. The number of carboxylic acids is 1. The van der Waals surface area contributed by atoms with Crippen molar-refractivity contribution < 1.29 is 18.7 Å². The van der Waals surface area contributed by atoms with Crippen molar-refractivity contribution >= 4 is 5.97 Å². The number of hydrogen-bond donors (Lipinski definition) is 1. The van der Waals surface area contributed by atoms with Gasteiger partial charge in [0.2, 0.25) is 0 Å².